The van der Waals surface area contributed by atoms with Gasteiger partial charge in [0, 0.05) is 5.02 Å². The molecular formula is C10H12ClNO5S. The van der Waals surface area contributed by atoms with Crippen molar-refractivity contribution in [3.8, 4) is 0 Å². The van der Waals surface area contributed by atoms with Crippen LogP contribution in [0.4, 0.5) is 0 Å². The average molecular weight is 294 g/mol. The monoisotopic (exact) mass is 293 g/mol. The normalized spacial score (nSPS) is 13.1. The highest BCUT2D eigenvalue weighted by Crippen LogP contribution is 2.15. The highest BCUT2D eigenvalue weighted by molar-refractivity contribution is 7.89. The van der Waals surface area contributed by atoms with Crippen LogP contribution in [0.1, 0.15) is 0 Å². The summed E-state index contributed by atoms with van der Waals surface area (Å²) < 4.78 is 30.2. The lowest BCUT2D eigenvalue weighted by atomic mass is 10.3. The van der Waals surface area contributed by atoms with Crippen molar-refractivity contribution in [2.45, 2.75) is 10.9 Å². The van der Waals surface area contributed by atoms with Crippen LogP contribution in [0.2, 0.25) is 5.02 Å². The van der Waals surface area contributed by atoms with Crippen molar-refractivity contribution < 1.29 is 23.1 Å². The molecule has 0 aliphatic rings. The third kappa shape index (κ3) is 3.67. The van der Waals surface area contributed by atoms with E-state index in [0.29, 0.717) is 0 Å². The van der Waals surface area contributed by atoms with E-state index in [0.717, 1.165) is 7.11 Å². The van der Waals surface area contributed by atoms with Gasteiger partial charge in [-0.3, -0.25) is 4.79 Å². The van der Waals surface area contributed by atoms with Crippen molar-refractivity contribution in [1.29, 1.82) is 0 Å². The van der Waals surface area contributed by atoms with E-state index in [1.807, 2.05) is 4.72 Å². The Morgan fingerprint density at radius 3 is 2.72 bits per heavy atom. The molecule has 100 valence electrons. The van der Waals surface area contributed by atoms with Gasteiger partial charge in [-0.15, -0.1) is 0 Å². The van der Waals surface area contributed by atoms with Crippen molar-refractivity contribution in [3.05, 3.63) is 29.3 Å². The molecule has 0 aliphatic carbocycles. The van der Waals surface area contributed by atoms with Gasteiger partial charge in [0.1, 0.15) is 6.04 Å². The summed E-state index contributed by atoms with van der Waals surface area (Å²) in [5, 5.41) is 9.19. The number of benzene rings is 1. The fraction of sp³-hybridized carbons (Fsp3) is 0.300. The number of carbonyl (C=O) groups is 1. The van der Waals surface area contributed by atoms with Crippen LogP contribution in [0.15, 0.2) is 29.2 Å². The molecule has 0 fully saturated rings. The highest BCUT2D eigenvalue weighted by atomic mass is 35.5. The Morgan fingerprint density at radius 2 is 2.22 bits per heavy atom. The van der Waals surface area contributed by atoms with Crippen molar-refractivity contribution >= 4 is 27.6 Å². The summed E-state index contributed by atoms with van der Waals surface area (Å²) in [7, 11) is -2.85. The lowest BCUT2D eigenvalue weighted by Gasteiger charge is -2.14. The molecule has 0 bridgehead atoms. The molecule has 0 saturated heterocycles. The molecule has 0 radical (unpaired) electrons. The van der Waals surface area contributed by atoms with Gasteiger partial charge in [0.15, 0.2) is 0 Å². The number of rotatable bonds is 5. The van der Waals surface area contributed by atoms with Crippen LogP contribution >= 0.6 is 11.6 Å². The molecule has 0 amide bonds. The van der Waals surface area contributed by atoms with Gasteiger partial charge in [-0.2, -0.15) is 4.72 Å². The summed E-state index contributed by atoms with van der Waals surface area (Å²) in [6, 6.07) is 4.18. The Bertz CT molecular complexity index is 531. The first-order chi connectivity index (χ1) is 8.40. The standard InChI is InChI=1S/C10H12ClNO5S/c1-17-10(14)9(6-13)12-18(15,16)8-4-2-3-7(11)5-8/h2-5,9,12-13H,6H2,1H3. The fourth-order valence-corrected chi connectivity index (χ4v) is 2.67. The number of aliphatic hydroxyl groups excluding tert-OH is 1. The van der Waals surface area contributed by atoms with E-state index in [1.54, 1.807) is 0 Å². The van der Waals surface area contributed by atoms with Gasteiger partial charge >= 0.3 is 5.97 Å². The minimum Gasteiger partial charge on any atom is -0.468 e. The number of ether oxygens (including phenoxy) is 1. The van der Waals surface area contributed by atoms with Crippen LogP contribution in [0.5, 0.6) is 0 Å². The number of carbonyl (C=O) groups excluding carboxylic acids is 1. The van der Waals surface area contributed by atoms with Gasteiger partial charge in [-0.1, -0.05) is 17.7 Å². The number of esters is 1. The summed E-state index contributed by atoms with van der Waals surface area (Å²) in [6.07, 6.45) is 0. The number of nitrogens with one attached hydrogen (secondary N) is 1. The number of sulfonamides is 1. The molecule has 1 aromatic rings. The molecule has 18 heavy (non-hydrogen) atoms. The molecule has 1 unspecified atom stereocenters. The molecular weight excluding hydrogens is 282 g/mol. The van der Waals surface area contributed by atoms with E-state index in [4.69, 9.17) is 16.7 Å². The van der Waals surface area contributed by atoms with Crippen LogP contribution in [0.3, 0.4) is 0 Å². The van der Waals surface area contributed by atoms with Gasteiger partial charge in [-0.05, 0) is 18.2 Å². The number of aliphatic hydroxyl groups is 1. The predicted octanol–water partition coefficient (Wildman–Crippen LogP) is 0.152. The number of halogens is 1. The van der Waals surface area contributed by atoms with E-state index in [-0.39, 0.29) is 9.92 Å². The molecule has 6 nitrogen and oxygen atoms in total. The molecule has 0 spiro atoms. The average Bonchev–Trinajstić information content (AvgIpc) is 2.35. The van der Waals surface area contributed by atoms with E-state index < -0.39 is 28.6 Å². The molecule has 0 heterocycles. The molecule has 1 aromatic carbocycles. The molecule has 1 rings (SSSR count). The zero-order valence-corrected chi connectivity index (χ0v) is 11.0. The van der Waals surface area contributed by atoms with E-state index >= 15 is 0 Å². The molecule has 0 aromatic heterocycles. The molecule has 8 heteroatoms. The van der Waals surface area contributed by atoms with Crippen LogP contribution < -0.4 is 4.72 Å². The van der Waals surface area contributed by atoms with Gasteiger partial charge in [0.05, 0.1) is 18.6 Å². The SMILES string of the molecule is COC(=O)C(CO)NS(=O)(=O)c1cccc(Cl)c1. The lowest BCUT2D eigenvalue weighted by molar-refractivity contribution is -0.143. The zero-order chi connectivity index (χ0) is 13.8. The van der Waals surface area contributed by atoms with Crippen LogP contribution in [-0.4, -0.2) is 39.3 Å². The van der Waals surface area contributed by atoms with Crippen molar-refractivity contribution in [2.75, 3.05) is 13.7 Å². The summed E-state index contributed by atoms with van der Waals surface area (Å²) in [6.45, 7) is -0.702. The Hall–Kier alpha value is -1.15. The van der Waals surface area contributed by atoms with Gasteiger partial charge < -0.3 is 9.84 Å². The topological polar surface area (TPSA) is 92.7 Å². The van der Waals surface area contributed by atoms with Crippen molar-refractivity contribution in [1.82, 2.24) is 4.72 Å². The lowest BCUT2D eigenvalue weighted by Crippen LogP contribution is -2.43. The van der Waals surface area contributed by atoms with E-state index in [2.05, 4.69) is 4.74 Å². The van der Waals surface area contributed by atoms with Gasteiger partial charge in [0.2, 0.25) is 10.0 Å². The second-order valence-electron chi connectivity index (χ2n) is 3.34. The first kappa shape index (κ1) is 14.9. The smallest absolute Gasteiger partial charge is 0.326 e. The third-order valence-electron chi connectivity index (χ3n) is 2.07. The Labute approximate surface area is 110 Å². The Kier molecular flexibility index (Phi) is 5.09. The molecule has 0 saturated carbocycles. The Balaban J connectivity index is 2.97. The number of methoxy groups -OCH3 is 1. The molecule has 0 aliphatic heterocycles. The summed E-state index contributed by atoms with van der Waals surface area (Å²) in [5.41, 5.74) is 0. The number of hydrogen-bond acceptors (Lipinski definition) is 5. The Morgan fingerprint density at radius 1 is 1.56 bits per heavy atom. The third-order valence-corrected chi connectivity index (χ3v) is 3.78. The summed E-state index contributed by atoms with van der Waals surface area (Å²) in [4.78, 5) is 11.1. The highest BCUT2D eigenvalue weighted by Gasteiger charge is 2.25. The molecule has 2 N–H and O–H groups in total. The second-order valence-corrected chi connectivity index (χ2v) is 5.49. The maximum Gasteiger partial charge on any atom is 0.326 e. The summed E-state index contributed by atoms with van der Waals surface area (Å²) >= 11 is 5.68. The van der Waals surface area contributed by atoms with Crippen LogP contribution in [0.25, 0.3) is 0 Å². The molecule has 1 atom stereocenters. The van der Waals surface area contributed by atoms with Crippen LogP contribution in [0, 0.1) is 0 Å². The van der Waals surface area contributed by atoms with Crippen molar-refractivity contribution in [3.63, 3.8) is 0 Å². The second kappa shape index (κ2) is 6.14. The van der Waals surface area contributed by atoms with E-state index in [9.17, 15) is 13.2 Å². The maximum atomic E-state index is 11.9. The van der Waals surface area contributed by atoms with Gasteiger partial charge in [-0.25, -0.2) is 8.42 Å². The number of hydrogen-bond donors (Lipinski definition) is 2. The maximum absolute atomic E-state index is 11.9. The van der Waals surface area contributed by atoms with Gasteiger partial charge in [0.25, 0.3) is 0 Å². The van der Waals surface area contributed by atoms with Crippen molar-refractivity contribution in [2.24, 2.45) is 0 Å². The minimum atomic E-state index is -3.94. The quantitative estimate of drug-likeness (QED) is 0.754. The van der Waals surface area contributed by atoms with Crippen LogP contribution in [-0.2, 0) is 19.6 Å². The largest absolute Gasteiger partial charge is 0.468 e. The first-order valence-corrected chi connectivity index (χ1v) is 6.73. The van der Waals surface area contributed by atoms with E-state index in [1.165, 1.54) is 24.3 Å². The predicted molar refractivity (Wildman–Crippen MR) is 64.7 cm³/mol. The fourth-order valence-electron chi connectivity index (χ4n) is 1.19. The first-order valence-electron chi connectivity index (χ1n) is 4.87. The zero-order valence-electron chi connectivity index (χ0n) is 9.46. The summed E-state index contributed by atoms with van der Waals surface area (Å²) in [5.74, 6) is -0.872. The minimum absolute atomic E-state index is 0.0997.